The van der Waals surface area contributed by atoms with E-state index < -0.39 is 6.10 Å². The zero-order valence-corrected chi connectivity index (χ0v) is 11.5. The Hall–Kier alpha value is 1.36. The monoisotopic (exact) mass is 408 g/mol. The van der Waals surface area contributed by atoms with Crippen LogP contribution in [-0.4, -0.2) is 14.4 Å². The molecule has 1 aliphatic carbocycles. The molecule has 0 fully saturated rings. The number of rotatable bonds is 0. The van der Waals surface area contributed by atoms with Crippen molar-refractivity contribution in [2.75, 3.05) is 0 Å². The Morgan fingerprint density at radius 2 is 1.55 bits per heavy atom. The van der Waals surface area contributed by atoms with Gasteiger partial charge < -0.3 is 5.11 Å². The Balaban J connectivity index is 2.98. The summed E-state index contributed by atoms with van der Waals surface area (Å²) >= 11 is 13.3. The van der Waals surface area contributed by atoms with Gasteiger partial charge in [0.25, 0.3) is 0 Å². The van der Waals surface area contributed by atoms with Gasteiger partial charge in [-0.05, 0) is 12.2 Å². The van der Waals surface area contributed by atoms with E-state index in [1.54, 1.807) is 0 Å². The van der Waals surface area contributed by atoms with Crippen molar-refractivity contribution in [3.05, 3.63) is 21.1 Å². The smallest absolute Gasteiger partial charge is 0.119 e. The molecule has 1 nitrogen and oxygen atoms in total. The molecule has 0 amide bonds. The first kappa shape index (κ1) is 10.4. The topological polar surface area (TPSA) is 20.2 Å². The normalized spacial score (nSPS) is 24.5. The van der Waals surface area contributed by atoms with E-state index in [-0.39, 0.29) is 3.23 Å². The van der Waals surface area contributed by atoms with Crippen LogP contribution in [0, 0.1) is 0 Å². The molecule has 0 aromatic rings. The van der Waals surface area contributed by atoms with Crippen molar-refractivity contribution in [3.8, 4) is 0 Å². The second kappa shape index (κ2) is 3.62. The summed E-state index contributed by atoms with van der Waals surface area (Å²) in [4.78, 5) is 0. The van der Waals surface area contributed by atoms with Crippen molar-refractivity contribution in [2.24, 2.45) is 0 Å². The molecule has 5 heteroatoms. The molecule has 62 valence electrons. The predicted molar refractivity (Wildman–Crippen MR) is 60.6 cm³/mol. The van der Waals surface area contributed by atoms with E-state index in [0.29, 0.717) is 0 Å². The minimum atomic E-state index is -0.571. The van der Waals surface area contributed by atoms with Crippen molar-refractivity contribution >= 4 is 63.7 Å². The molecule has 1 rings (SSSR count). The third-order valence-corrected chi connectivity index (χ3v) is 3.42. The molecule has 0 aromatic heterocycles. The van der Waals surface area contributed by atoms with Crippen LogP contribution in [0.2, 0.25) is 0 Å². The number of hydrogen-bond acceptors (Lipinski definition) is 1. The molecule has 0 radical (unpaired) electrons. The van der Waals surface area contributed by atoms with Crippen molar-refractivity contribution in [1.29, 1.82) is 0 Å². The first-order chi connectivity index (χ1) is 4.92. The number of alkyl halides is 2. The molecule has 11 heavy (non-hydrogen) atoms. The van der Waals surface area contributed by atoms with E-state index in [1.807, 2.05) is 12.2 Å². The average molecular weight is 412 g/mol. The largest absolute Gasteiger partial charge is 0.383 e. The maximum atomic E-state index is 9.41. The fourth-order valence-corrected chi connectivity index (χ4v) is 4.44. The van der Waals surface area contributed by atoms with Crippen LogP contribution >= 0.6 is 63.7 Å². The number of hydrogen-bond donors (Lipinski definition) is 1. The van der Waals surface area contributed by atoms with Crippen LogP contribution in [0.5, 0.6) is 0 Å². The highest BCUT2D eigenvalue weighted by Crippen LogP contribution is 2.40. The third kappa shape index (κ3) is 2.66. The minimum Gasteiger partial charge on any atom is -0.383 e. The standard InChI is InChI=1S/C6H4Br4O/c7-3-1-6(9,10)2-4(8)5(3)11/h1-2,5,11H. The van der Waals surface area contributed by atoms with Gasteiger partial charge in [-0.15, -0.1) is 0 Å². The second-order valence-electron chi connectivity index (χ2n) is 2.14. The van der Waals surface area contributed by atoms with Crippen LogP contribution < -0.4 is 0 Å². The molecule has 0 saturated carbocycles. The first-order valence-corrected chi connectivity index (χ1v) is 5.92. The maximum Gasteiger partial charge on any atom is 0.119 e. The van der Waals surface area contributed by atoms with Gasteiger partial charge in [0.05, 0.1) is 0 Å². The Bertz CT molecular complexity index is 209. The summed E-state index contributed by atoms with van der Waals surface area (Å²) in [5.41, 5.74) is 0. The lowest BCUT2D eigenvalue weighted by Crippen LogP contribution is -2.18. The van der Waals surface area contributed by atoms with E-state index in [2.05, 4.69) is 63.7 Å². The van der Waals surface area contributed by atoms with Crippen molar-refractivity contribution < 1.29 is 5.11 Å². The lowest BCUT2D eigenvalue weighted by Gasteiger charge is -2.22. The number of aliphatic hydroxyl groups is 1. The molecule has 0 spiro atoms. The van der Waals surface area contributed by atoms with Crippen LogP contribution in [0.15, 0.2) is 21.1 Å². The Morgan fingerprint density at radius 1 is 1.18 bits per heavy atom. The Kier molecular flexibility index (Phi) is 3.43. The summed E-state index contributed by atoms with van der Waals surface area (Å²) in [6, 6.07) is 0. The molecular weight excluding hydrogens is 408 g/mol. The molecule has 1 N–H and O–H groups in total. The lowest BCUT2D eigenvalue weighted by atomic mass is 10.2. The van der Waals surface area contributed by atoms with E-state index in [0.717, 1.165) is 8.96 Å². The van der Waals surface area contributed by atoms with Gasteiger partial charge in [-0.3, -0.25) is 0 Å². The van der Waals surface area contributed by atoms with Gasteiger partial charge in [-0.25, -0.2) is 0 Å². The first-order valence-electron chi connectivity index (χ1n) is 2.75. The van der Waals surface area contributed by atoms with E-state index in [9.17, 15) is 5.11 Å². The molecular formula is C6H4Br4O. The molecule has 0 saturated heterocycles. The van der Waals surface area contributed by atoms with Crippen LogP contribution in [0.25, 0.3) is 0 Å². The van der Waals surface area contributed by atoms with Gasteiger partial charge in [0.2, 0.25) is 0 Å². The molecule has 0 bridgehead atoms. The summed E-state index contributed by atoms with van der Waals surface area (Å²) in [7, 11) is 0. The molecule has 1 aliphatic rings. The Labute approximate surface area is 98.4 Å². The van der Waals surface area contributed by atoms with E-state index in [1.165, 1.54) is 0 Å². The maximum absolute atomic E-state index is 9.41. The summed E-state index contributed by atoms with van der Waals surface area (Å²) in [5, 5.41) is 9.41. The van der Waals surface area contributed by atoms with Gasteiger partial charge in [-0.1, -0.05) is 63.7 Å². The SMILES string of the molecule is OC1C(Br)=CC(Br)(Br)C=C1Br. The van der Waals surface area contributed by atoms with Crippen molar-refractivity contribution in [1.82, 2.24) is 0 Å². The van der Waals surface area contributed by atoms with Gasteiger partial charge in [0.15, 0.2) is 0 Å². The molecule has 0 unspecified atom stereocenters. The van der Waals surface area contributed by atoms with Crippen LogP contribution in [0.3, 0.4) is 0 Å². The fraction of sp³-hybridized carbons (Fsp3) is 0.333. The van der Waals surface area contributed by atoms with Crippen LogP contribution in [0.1, 0.15) is 0 Å². The third-order valence-electron chi connectivity index (χ3n) is 1.18. The van der Waals surface area contributed by atoms with E-state index >= 15 is 0 Å². The van der Waals surface area contributed by atoms with Gasteiger partial charge in [-0.2, -0.15) is 0 Å². The minimum absolute atomic E-state index is 0.350. The van der Waals surface area contributed by atoms with Crippen LogP contribution in [-0.2, 0) is 0 Å². The van der Waals surface area contributed by atoms with Crippen molar-refractivity contribution in [2.45, 2.75) is 9.34 Å². The van der Waals surface area contributed by atoms with Gasteiger partial charge in [0.1, 0.15) is 9.34 Å². The zero-order valence-electron chi connectivity index (χ0n) is 5.19. The summed E-state index contributed by atoms with van der Waals surface area (Å²) in [5.74, 6) is 0. The Morgan fingerprint density at radius 3 is 1.91 bits per heavy atom. The van der Waals surface area contributed by atoms with Crippen LogP contribution in [0.4, 0.5) is 0 Å². The number of allylic oxidation sites excluding steroid dienone is 2. The summed E-state index contributed by atoms with van der Waals surface area (Å²) < 4.78 is 1.12. The zero-order chi connectivity index (χ0) is 8.65. The predicted octanol–water partition coefficient (Wildman–Crippen LogP) is 3.40. The second-order valence-corrected chi connectivity index (χ2v) is 7.66. The van der Waals surface area contributed by atoms with Gasteiger partial charge >= 0.3 is 0 Å². The van der Waals surface area contributed by atoms with Gasteiger partial charge in [0, 0.05) is 8.96 Å². The fourth-order valence-electron chi connectivity index (χ4n) is 0.699. The summed E-state index contributed by atoms with van der Waals surface area (Å²) in [6.07, 6.45) is 3.10. The van der Waals surface area contributed by atoms with Crippen molar-refractivity contribution in [3.63, 3.8) is 0 Å². The molecule has 0 aliphatic heterocycles. The highest BCUT2D eigenvalue weighted by molar-refractivity contribution is 9.25. The average Bonchev–Trinajstić information content (AvgIpc) is 1.81. The lowest BCUT2D eigenvalue weighted by molar-refractivity contribution is 0.264. The molecule has 0 atom stereocenters. The summed E-state index contributed by atoms with van der Waals surface area (Å²) in [6.45, 7) is 0. The molecule has 0 aromatic carbocycles. The number of halogens is 4. The highest BCUT2D eigenvalue weighted by Gasteiger charge is 2.27. The van der Waals surface area contributed by atoms with E-state index in [4.69, 9.17) is 0 Å². The molecule has 0 heterocycles. The number of aliphatic hydroxyl groups excluding tert-OH is 1. The quantitative estimate of drug-likeness (QED) is 0.606. The highest BCUT2D eigenvalue weighted by atomic mass is 79.9.